The zero-order valence-corrected chi connectivity index (χ0v) is 51.8. The van der Waals surface area contributed by atoms with Crippen LogP contribution in [0.25, 0.3) is 10.1 Å². The highest BCUT2D eigenvalue weighted by atomic mass is 32.1. The van der Waals surface area contributed by atoms with E-state index in [0.29, 0.717) is 50.3 Å². The first kappa shape index (κ1) is 66.2. The topological polar surface area (TPSA) is 331 Å². The number of nitrogens with two attached hydrogens (primary N) is 1. The van der Waals surface area contributed by atoms with Gasteiger partial charge < -0.3 is 46.6 Å². The molecule has 6 atom stereocenters. The number of halogens is 4. The summed E-state index contributed by atoms with van der Waals surface area (Å²) < 4.78 is 69.1. The van der Waals surface area contributed by atoms with Crippen LogP contribution in [0.1, 0.15) is 126 Å². The quantitative estimate of drug-likeness (QED) is 0.0357. The molecule has 0 bridgehead atoms. The zero-order valence-electron chi connectivity index (χ0n) is 50.1. The Balaban J connectivity index is 0.800. The van der Waals surface area contributed by atoms with Crippen molar-refractivity contribution in [3.63, 3.8) is 0 Å². The normalized spacial score (nSPS) is 22.2. The molecule has 0 aliphatic carbocycles. The zero-order chi connectivity index (χ0) is 65.6. The van der Waals surface area contributed by atoms with E-state index in [9.17, 15) is 79.9 Å². The Morgan fingerprint density at radius 1 is 0.791 bits per heavy atom. The van der Waals surface area contributed by atoms with E-state index in [1.807, 2.05) is 24.3 Å². The lowest BCUT2D eigenvalue weighted by molar-refractivity contribution is -0.145. The van der Waals surface area contributed by atoms with Gasteiger partial charge in [0.15, 0.2) is 0 Å². The summed E-state index contributed by atoms with van der Waals surface area (Å²) in [6.07, 6.45) is -1.62. The van der Waals surface area contributed by atoms with Gasteiger partial charge in [0.05, 0.1) is 22.5 Å². The van der Waals surface area contributed by atoms with Crippen LogP contribution < -0.4 is 32.3 Å². The van der Waals surface area contributed by atoms with E-state index in [0.717, 1.165) is 40.0 Å². The number of thiophene rings is 1. The second kappa shape index (κ2) is 26.5. The van der Waals surface area contributed by atoms with Gasteiger partial charge in [0.1, 0.15) is 30.2 Å². The Kier molecular flexibility index (Phi) is 19.3. The van der Waals surface area contributed by atoms with Crippen LogP contribution in [0, 0.1) is 0 Å². The minimum atomic E-state index is -5.94. The SMILES string of the molecule is CC(C)(C)c1ccc(C[C@H](NC(=O)[C@H](CCC(N)=O)NC(=O)[C@@H]2CC[C@@H]3CCN(CC(F)F)C[C@H](NC(=O)c4cc5cc(C(F)(F)P(=O)(O)O)ccc5s4)C(=O)N32)C(=O)N2CC(N3CCC(Nc4ccc5c(c4)C(=O)N(C4CCC(=O)NC4=O)C5=O)CC3)C2)cc1. The smallest absolute Gasteiger partial charge is 0.382 e. The van der Waals surface area contributed by atoms with Crippen LogP contribution in [0.5, 0.6) is 0 Å². The van der Waals surface area contributed by atoms with Crippen molar-refractivity contribution < 1.29 is 79.9 Å². The third-order valence-corrected chi connectivity index (χ3v) is 20.1. The van der Waals surface area contributed by atoms with Gasteiger partial charge in [0.2, 0.25) is 41.4 Å². The summed E-state index contributed by atoms with van der Waals surface area (Å²) in [7, 11) is -5.94. The average Bonchev–Trinajstić information content (AvgIpc) is 1.71. The highest BCUT2D eigenvalue weighted by molar-refractivity contribution is 7.52. The molecule has 5 fully saturated rings. The summed E-state index contributed by atoms with van der Waals surface area (Å²) in [5.41, 5.74) is 2.52. The van der Waals surface area contributed by atoms with Gasteiger partial charge >= 0.3 is 13.3 Å². The fourth-order valence-corrected chi connectivity index (χ4v) is 14.3. The molecule has 1 aromatic heterocycles. The molecule has 0 radical (unpaired) electrons. The maximum Gasteiger partial charge on any atom is 0.399 e. The first-order chi connectivity index (χ1) is 42.9. The van der Waals surface area contributed by atoms with Crippen LogP contribution in [0.15, 0.2) is 66.7 Å². The maximum atomic E-state index is 14.8. The lowest BCUT2D eigenvalue weighted by Gasteiger charge is -2.48. The van der Waals surface area contributed by atoms with Crippen molar-refractivity contribution in [2.45, 2.75) is 151 Å². The van der Waals surface area contributed by atoms with E-state index in [4.69, 9.17) is 5.73 Å². The summed E-state index contributed by atoms with van der Waals surface area (Å²) in [6, 6.07) is 9.16. The van der Waals surface area contributed by atoms with Crippen molar-refractivity contribution in [3.05, 3.63) is 99.4 Å². The maximum absolute atomic E-state index is 14.8. The number of rotatable bonds is 20. The first-order valence-electron chi connectivity index (χ1n) is 30.2. The molecule has 5 saturated heterocycles. The number of hydrogen-bond acceptors (Lipinski definition) is 15. The number of piperidine rings is 2. The molecule has 91 heavy (non-hydrogen) atoms. The first-order valence-corrected chi connectivity index (χ1v) is 32.6. The van der Waals surface area contributed by atoms with Crippen LogP contribution in [0.4, 0.5) is 23.2 Å². The molecule has 3 aromatic carbocycles. The largest absolute Gasteiger partial charge is 0.399 e. The molecular formula is C61H72F4N11O13PS. The standard InChI is InChI=1S/C61H72F4N11O13PS/c1-60(2,3)34-6-4-32(5-7-34)24-43(58(85)74-28-39(29-74)73-22-18-36(19-23-73)67-37-9-11-40-41(27-37)57(84)76(56(40)83)46-14-17-51(78)71-54(46)81)69-52(79)42(12-16-50(66)77)68-53(80)45-13-10-38-20-21-72(31-49(62)63)30-44(59(86)75(38)45)70-55(82)48-26-33-25-35(8-15-47(33)91-48)61(64,65)90(87,88)89/h4-9,11,15,25-27,36,38-39,42-46,49,67H,10,12-14,16-24,28-31H2,1-3H3,(H2,66,77)(H,68,80)(H,69,79)(H,70,82)(H,71,78,81)(H2,87,88,89)/t38-,42+,43+,44+,45+,46?/m1/s1. The fourth-order valence-electron chi connectivity index (χ4n) is 12.9. The molecule has 6 aliphatic heterocycles. The van der Waals surface area contributed by atoms with Gasteiger partial charge in [-0.25, -0.2) is 8.78 Å². The van der Waals surface area contributed by atoms with E-state index < -0.39 is 134 Å². The van der Waals surface area contributed by atoms with Crippen LogP contribution in [0.3, 0.4) is 0 Å². The van der Waals surface area contributed by atoms with Crippen LogP contribution in [0.2, 0.25) is 0 Å². The van der Waals surface area contributed by atoms with Gasteiger partial charge in [-0.15, -0.1) is 11.3 Å². The van der Waals surface area contributed by atoms with E-state index in [1.165, 1.54) is 15.9 Å². The molecule has 0 spiro atoms. The van der Waals surface area contributed by atoms with Gasteiger partial charge in [-0.3, -0.25) is 72.5 Å². The number of carbonyl (C=O) groups is 10. The number of primary amides is 1. The minimum Gasteiger partial charge on any atom is -0.382 e. The van der Waals surface area contributed by atoms with Gasteiger partial charge in [-0.2, -0.15) is 8.78 Å². The molecule has 1 unspecified atom stereocenters. The average molecular weight is 1310 g/mol. The molecular weight excluding hydrogens is 1230 g/mol. The number of carbonyl (C=O) groups excluding carboxylic acids is 10. The number of fused-ring (bicyclic) bond motifs is 3. The number of likely N-dealkylation sites (tertiary alicyclic amines) is 2. The number of alkyl halides is 4. The van der Waals surface area contributed by atoms with E-state index in [-0.39, 0.29) is 102 Å². The molecule has 488 valence electrons. The molecule has 0 saturated carbocycles. The van der Waals surface area contributed by atoms with Crippen molar-refractivity contribution in [3.8, 4) is 0 Å². The number of nitrogens with one attached hydrogen (secondary N) is 5. The second-order valence-electron chi connectivity index (χ2n) is 25.2. The Morgan fingerprint density at radius 2 is 1.48 bits per heavy atom. The predicted octanol–water partition coefficient (Wildman–Crippen LogP) is 3.52. The summed E-state index contributed by atoms with van der Waals surface area (Å²) in [5.74, 6) is -6.93. The number of amides is 10. The van der Waals surface area contributed by atoms with Gasteiger partial charge in [-0.05, 0) is 103 Å². The number of benzene rings is 3. The monoisotopic (exact) mass is 1310 g/mol. The number of nitrogens with zero attached hydrogens (tertiary/aromatic N) is 5. The van der Waals surface area contributed by atoms with E-state index >= 15 is 0 Å². The highest BCUT2D eigenvalue weighted by Crippen LogP contribution is 2.59. The van der Waals surface area contributed by atoms with E-state index in [1.54, 1.807) is 23.1 Å². The second-order valence-corrected chi connectivity index (χ2v) is 28.0. The third kappa shape index (κ3) is 14.5. The van der Waals surface area contributed by atoms with Crippen LogP contribution >= 0.6 is 18.9 Å². The minimum absolute atomic E-state index is 0.00360. The van der Waals surface area contributed by atoms with Crippen LogP contribution in [-0.4, -0.2) is 194 Å². The van der Waals surface area contributed by atoms with Gasteiger partial charge in [-0.1, -0.05) is 51.1 Å². The van der Waals surface area contributed by atoms with Crippen molar-refractivity contribution in [1.29, 1.82) is 0 Å². The number of imide groups is 2. The van der Waals surface area contributed by atoms with Crippen molar-refractivity contribution in [2.24, 2.45) is 5.73 Å². The molecule has 10 rings (SSSR count). The molecule has 4 aromatic rings. The van der Waals surface area contributed by atoms with Gasteiger partial charge in [0, 0.05) is 92.6 Å². The van der Waals surface area contributed by atoms with Crippen molar-refractivity contribution in [1.82, 2.24) is 45.8 Å². The fraction of sp³-hybridized carbons (Fsp3) is 0.508. The Morgan fingerprint density at radius 3 is 2.14 bits per heavy atom. The predicted molar refractivity (Wildman–Crippen MR) is 323 cm³/mol. The summed E-state index contributed by atoms with van der Waals surface area (Å²) in [6.45, 7) is 6.98. The lowest BCUT2D eigenvalue weighted by atomic mass is 9.86. The molecule has 6 aliphatic rings. The summed E-state index contributed by atoms with van der Waals surface area (Å²) in [5, 5.41) is 13.8. The Labute approximate surface area is 524 Å². The number of hydrogen-bond donors (Lipinski definition) is 8. The molecule has 9 N–H and O–H groups in total. The Bertz CT molecular complexity index is 3610. The van der Waals surface area contributed by atoms with Gasteiger partial charge in [0.25, 0.3) is 24.1 Å². The molecule has 30 heteroatoms. The summed E-state index contributed by atoms with van der Waals surface area (Å²) >= 11 is 0.810. The number of anilines is 1. The molecule has 10 amide bonds. The third-order valence-electron chi connectivity index (χ3n) is 17.9. The van der Waals surface area contributed by atoms with Crippen molar-refractivity contribution >= 4 is 93.8 Å². The van der Waals surface area contributed by atoms with E-state index in [2.05, 4.69) is 52.3 Å². The summed E-state index contributed by atoms with van der Waals surface area (Å²) in [4.78, 5) is 162. The highest BCUT2D eigenvalue weighted by Gasteiger charge is 2.51. The Hall–Kier alpha value is -7.69. The molecule has 24 nitrogen and oxygen atoms in total. The molecule has 7 heterocycles. The van der Waals surface area contributed by atoms with Crippen molar-refractivity contribution in [2.75, 3.05) is 51.1 Å². The lowest BCUT2D eigenvalue weighted by Crippen LogP contribution is -2.66. The van der Waals surface area contributed by atoms with Crippen LogP contribution in [-0.2, 0) is 55.6 Å².